The van der Waals surface area contributed by atoms with Gasteiger partial charge in [-0.25, -0.2) is 4.79 Å². The number of amides is 1. The lowest BCUT2D eigenvalue weighted by Crippen LogP contribution is -2.38. The number of nitrogens with one attached hydrogen (secondary N) is 1. The van der Waals surface area contributed by atoms with Gasteiger partial charge in [-0.3, -0.25) is 0 Å². The minimum absolute atomic E-state index is 0.00118. The molecule has 0 aliphatic heterocycles. The molecule has 0 saturated heterocycles. The molecule has 0 aromatic rings. The fraction of sp³-hybridized carbons (Fsp3) is 0.917. The average Bonchev–Trinajstić information content (AvgIpc) is 1.95. The van der Waals surface area contributed by atoms with Gasteiger partial charge in [0.2, 0.25) is 0 Å². The zero-order chi connectivity index (χ0) is 13.0. The van der Waals surface area contributed by atoms with E-state index in [0.717, 1.165) is 6.42 Å². The molecule has 0 saturated carbocycles. The lowest BCUT2D eigenvalue weighted by atomic mass is 10.0. The maximum Gasteiger partial charge on any atom is 0.407 e. The smallest absolute Gasteiger partial charge is 0.407 e. The molecule has 0 fully saturated rings. The third-order valence-electron chi connectivity index (χ3n) is 1.95. The van der Waals surface area contributed by atoms with Gasteiger partial charge in [-0.2, -0.15) is 0 Å². The summed E-state index contributed by atoms with van der Waals surface area (Å²) in [6.45, 7) is 10.9. The van der Waals surface area contributed by atoms with Gasteiger partial charge in [0, 0.05) is 6.04 Å². The zero-order valence-electron chi connectivity index (χ0n) is 11.3. The normalized spacial score (nSPS) is 14.4. The third-order valence-corrected chi connectivity index (χ3v) is 1.95. The highest BCUT2D eigenvalue weighted by molar-refractivity contribution is 5.67. The Morgan fingerprint density at radius 2 is 1.81 bits per heavy atom. The Balaban J connectivity index is 3.88. The van der Waals surface area contributed by atoms with E-state index in [0.29, 0.717) is 6.42 Å². The van der Waals surface area contributed by atoms with Crippen molar-refractivity contribution >= 4 is 6.09 Å². The summed E-state index contributed by atoms with van der Waals surface area (Å²) >= 11 is 0. The van der Waals surface area contributed by atoms with Crippen molar-refractivity contribution in [3.63, 3.8) is 0 Å². The van der Waals surface area contributed by atoms with Crippen molar-refractivity contribution in [2.75, 3.05) is 0 Å². The van der Waals surface area contributed by atoms with Gasteiger partial charge in [-0.15, -0.1) is 0 Å². The quantitative estimate of drug-likeness (QED) is 0.781. The van der Waals surface area contributed by atoms with Crippen LogP contribution in [0.5, 0.6) is 0 Å². The van der Waals surface area contributed by atoms with Gasteiger partial charge < -0.3 is 15.2 Å². The van der Waals surface area contributed by atoms with Crippen LogP contribution in [-0.4, -0.2) is 28.4 Å². The number of rotatable bonds is 4. The Morgan fingerprint density at radius 1 is 1.31 bits per heavy atom. The van der Waals surface area contributed by atoms with E-state index in [-0.39, 0.29) is 6.04 Å². The van der Waals surface area contributed by atoms with E-state index < -0.39 is 17.3 Å². The number of alkyl carbamates (subject to hydrolysis) is 1. The predicted molar refractivity (Wildman–Crippen MR) is 64.4 cm³/mol. The summed E-state index contributed by atoms with van der Waals surface area (Å²) < 4.78 is 5.13. The van der Waals surface area contributed by atoms with Crippen LogP contribution in [0.2, 0.25) is 0 Å². The van der Waals surface area contributed by atoms with Crippen molar-refractivity contribution in [2.24, 2.45) is 0 Å². The fourth-order valence-corrected chi connectivity index (χ4v) is 1.15. The van der Waals surface area contributed by atoms with Crippen molar-refractivity contribution < 1.29 is 14.6 Å². The second kappa shape index (κ2) is 5.53. The van der Waals surface area contributed by atoms with Crippen LogP contribution < -0.4 is 5.32 Å². The SMILES string of the molecule is CC(CCC(C)(C)O)NC(=O)OC(C)(C)C. The van der Waals surface area contributed by atoms with E-state index in [2.05, 4.69) is 5.32 Å². The highest BCUT2D eigenvalue weighted by Gasteiger charge is 2.19. The molecule has 0 aliphatic rings. The van der Waals surface area contributed by atoms with Crippen LogP contribution in [0.25, 0.3) is 0 Å². The van der Waals surface area contributed by atoms with Gasteiger partial charge in [0.15, 0.2) is 0 Å². The maximum atomic E-state index is 11.4. The van der Waals surface area contributed by atoms with E-state index >= 15 is 0 Å². The molecular formula is C12H25NO3. The van der Waals surface area contributed by atoms with Crippen LogP contribution in [0.3, 0.4) is 0 Å². The van der Waals surface area contributed by atoms with Gasteiger partial charge in [0.1, 0.15) is 5.60 Å². The molecule has 96 valence electrons. The first-order valence-corrected chi connectivity index (χ1v) is 5.71. The standard InChI is InChI=1S/C12H25NO3/c1-9(7-8-12(5,6)15)13-10(14)16-11(2,3)4/h9,15H,7-8H2,1-6H3,(H,13,14). The third kappa shape index (κ3) is 9.77. The Hall–Kier alpha value is -0.770. The molecule has 1 atom stereocenters. The molecule has 0 heterocycles. The number of hydrogen-bond donors (Lipinski definition) is 2. The zero-order valence-corrected chi connectivity index (χ0v) is 11.3. The van der Waals surface area contributed by atoms with Crippen LogP contribution in [0.1, 0.15) is 54.4 Å². The van der Waals surface area contributed by atoms with Crippen LogP contribution in [0, 0.1) is 0 Å². The number of aliphatic hydroxyl groups is 1. The average molecular weight is 231 g/mol. The molecule has 1 amide bonds. The lowest BCUT2D eigenvalue weighted by molar-refractivity contribution is 0.0464. The molecule has 0 aromatic heterocycles. The molecular weight excluding hydrogens is 206 g/mol. The first-order valence-electron chi connectivity index (χ1n) is 5.71. The molecule has 2 N–H and O–H groups in total. The Morgan fingerprint density at radius 3 is 2.19 bits per heavy atom. The summed E-state index contributed by atoms with van der Waals surface area (Å²) in [7, 11) is 0. The van der Waals surface area contributed by atoms with E-state index in [4.69, 9.17) is 4.74 Å². The van der Waals surface area contributed by atoms with Gasteiger partial charge in [-0.05, 0) is 54.4 Å². The summed E-state index contributed by atoms with van der Waals surface area (Å²) in [5.74, 6) is 0. The maximum absolute atomic E-state index is 11.4. The van der Waals surface area contributed by atoms with Crippen LogP contribution in [-0.2, 0) is 4.74 Å². The largest absolute Gasteiger partial charge is 0.444 e. The van der Waals surface area contributed by atoms with E-state index in [1.165, 1.54) is 0 Å². The number of carbonyl (C=O) groups excluding carboxylic acids is 1. The van der Waals surface area contributed by atoms with Crippen molar-refractivity contribution in [3.05, 3.63) is 0 Å². The van der Waals surface area contributed by atoms with Crippen LogP contribution in [0.4, 0.5) is 4.79 Å². The highest BCUT2D eigenvalue weighted by Crippen LogP contribution is 2.12. The lowest BCUT2D eigenvalue weighted by Gasteiger charge is -2.23. The molecule has 4 nitrogen and oxygen atoms in total. The Labute approximate surface area is 98.4 Å². The molecule has 16 heavy (non-hydrogen) atoms. The number of ether oxygens (including phenoxy) is 1. The van der Waals surface area contributed by atoms with Gasteiger partial charge in [-0.1, -0.05) is 0 Å². The summed E-state index contributed by atoms with van der Waals surface area (Å²) in [6.07, 6.45) is 0.961. The Kier molecular flexibility index (Phi) is 5.26. The summed E-state index contributed by atoms with van der Waals surface area (Å²) in [4.78, 5) is 11.4. The van der Waals surface area contributed by atoms with Crippen LogP contribution in [0.15, 0.2) is 0 Å². The first kappa shape index (κ1) is 15.2. The highest BCUT2D eigenvalue weighted by atomic mass is 16.6. The van der Waals surface area contributed by atoms with E-state index in [9.17, 15) is 9.90 Å². The molecule has 0 bridgehead atoms. The van der Waals surface area contributed by atoms with Crippen molar-refractivity contribution in [1.82, 2.24) is 5.32 Å². The minimum Gasteiger partial charge on any atom is -0.444 e. The van der Waals surface area contributed by atoms with Gasteiger partial charge >= 0.3 is 6.09 Å². The molecule has 0 rings (SSSR count). The molecule has 4 heteroatoms. The number of carbonyl (C=O) groups is 1. The summed E-state index contributed by atoms with van der Waals surface area (Å²) in [5, 5.41) is 12.3. The second-order valence-corrected chi connectivity index (χ2v) is 5.90. The second-order valence-electron chi connectivity index (χ2n) is 5.90. The molecule has 0 aliphatic carbocycles. The van der Waals surface area contributed by atoms with Crippen molar-refractivity contribution in [2.45, 2.75) is 71.6 Å². The monoisotopic (exact) mass is 231 g/mol. The van der Waals surface area contributed by atoms with Crippen molar-refractivity contribution in [1.29, 1.82) is 0 Å². The first-order chi connectivity index (χ1) is 6.99. The summed E-state index contributed by atoms with van der Waals surface area (Å²) in [5.41, 5.74) is -1.16. The van der Waals surface area contributed by atoms with Crippen LogP contribution >= 0.6 is 0 Å². The predicted octanol–water partition coefficient (Wildman–Crippen LogP) is 2.45. The molecule has 0 aromatic carbocycles. The van der Waals surface area contributed by atoms with E-state index in [1.807, 2.05) is 27.7 Å². The fourth-order valence-electron chi connectivity index (χ4n) is 1.15. The van der Waals surface area contributed by atoms with E-state index in [1.54, 1.807) is 13.8 Å². The van der Waals surface area contributed by atoms with Crippen molar-refractivity contribution in [3.8, 4) is 0 Å². The number of hydrogen-bond acceptors (Lipinski definition) is 3. The topological polar surface area (TPSA) is 58.6 Å². The summed E-state index contributed by atoms with van der Waals surface area (Å²) in [6, 6.07) is 0.00118. The minimum atomic E-state index is -0.691. The molecule has 0 spiro atoms. The van der Waals surface area contributed by atoms with Gasteiger partial charge in [0.25, 0.3) is 0 Å². The van der Waals surface area contributed by atoms with Gasteiger partial charge in [0.05, 0.1) is 5.60 Å². The molecule has 0 radical (unpaired) electrons. The molecule has 1 unspecified atom stereocenters. The Bertz CT molecular complexity index is 225.